The molecule has 0 aromatic heterocycles. The van der Waals surface area contributed by atoms with Gasteiger partial charge in [0.2, 0.25) is 0 Å². The average molecular weight is 379 g/mol. The van der Waals surface area contributed by atoms with Crippen molar-refractivity contribution in [1.82, 2.24) is 0 Å². The zero-order valence-electron chi connectivity index (χ0n) is 18.6. The van der Waals surface area contributed by atoms with Gasteiger partial charge in [0.25, 0.3) is 0 Å². The van der Waals surface area contributed by atoms with Crippen molar-refractivity contribution >= 4 is 0 Å². The van der Waals surface area contributed by atoms with Crippen molar-refractivity contribution in [3.63, 3.8) is 0 Å². The SMILES string of the molecule is CC.COCCOC(CCC1(C)CCCC1)Oc1ccc(CC(C)C)cc1. The Morgan fingerprint density at radius 3 is 2.19 bits per heavy atom. The fourth-order valence-corrected chi connectivity index (χ4v) is 3.71. The first-order valence-electron chi connectivity index (χ1n) is 10.9. The van der Waals surface area contributed by atoms with Crippen molar-refractivity contribution in [2.75, 3.05) is 20.3 Å². The normalized spacial score (nSPS) is 16.7. The number of methoxy groups -OCH3 is 1. The van der Waals surface area contributed by atoms with E-state index in [1.165, 1.54) is 31.2 Å². The van der Waals surface area contributed by atoms with Gasteiger partial charge in [-0.25, -0.2) is 0 Å². The second kappa shape index (κ2) is 13.2. The van der Waals surface area contributed by atoms with Gasteiger partial charge in [-0.05, 0) is 54.7 Å². The molecule has 1 saturated carbocycles. The molecule has 1 fully saturated rings. The molecular weight excluding hydrogens is 336 g/mol. The topological polar surface area (TPSA) is 27.7 Å². The standard InChI is InChI=1S/C22H36O3.C2H6/c1-18(2)17-19-7-9-20(10-8-19)25-21(24-16-15-23-4)11-14-22(3)12-5-6-13-22;1-2/h7-10,18,21H,5-6,11-17H2,1-4H3;1-2H3. The van der Waals surface area contributed by atoms with Crippen LogP contribution in [0.5, 0.6) is 5.75 Å². The highest BCUT2D eigenvalue weighted by molar-refractivity contribution is 5.27. The van der Waals surface area contributed by atoms with Gasteiger partial charge in [0.15, 0.2) is 6.29 Å². The number of benzene rings is 1. The van der Waals surface area contributed by atoms with Crippen LogP contribution in [0.4, 0.5) is 0 Å². The van der Waals surface area contributed by atoms with Crippen LogP contribution in [0.1, 0.15) is 78.7 Å². The van der Waals surface area contributed by atoms with Gasteiger partial charge in [-0.3, -0.25) is 0 Å². The van der Waals surface area contributed by atoms with Crippen LogP contribution in [-0.4, -0.2) is 26.6 Å². The minimum Gasteiger partial charge on any atom is -0.465 e. The Kier molecular flexibility index (Phi) is 11.7. The maximum atomic E-state index is 6.15. The first-order chi connectivity index (χ1) is 13.0. The second-order valence-electron chi connectivity index (χ2n) is 8.21. The van der Waals surface area contributed by atoms with Crippen molar-refractivity contribution in [3.8, 4) is 5.75 Å². The van der Waals surface area contributed by atoms with Gasteiger partial charge in [0.1, 0.15) is 5.75 Å². The lowest BCUT2D eigenvalue weighted by Gasteiger charge is -2.27. The summed E-state index contributed by atoms with van der Waals surface area (Å²) in [4.78, 5) is 0. The van der Waals surface area contributed by atoms with E-state index < -0.39 is 0 Å². The maximum absolute atomic E-state index is 6.15. The summed E-state index contributed by atoms with van der Waals surface area (Å²) >= 11 is 0. The van der Waals surface area contributed by atoms with Gasteiger partial charge in [-0.2, -0.15) is 0 Å². The van der Waals surface area contributed by atoms with E-state index in [2.05, 4.69) is 45.0 Å². The second-order valence-corrected chi connectivity index (χ2v) is 8.21. The molecule has 0 amide bonds. The molecule has 0 aliphatic heterocycles. The van der Waals surface area contributed by atoms with Crippen molar-refractivity contribution in [2.45, 2.75) is 85.9 Å². The molecule has 0 N–H and O–H groups in total. The molecule has 1 atom stereocenters. The molecule has 0 saturated heterocycles. The molecule has 2 rings (SSSR count). The third kappa shape index (κ3) is 9.62. The summed E-state index contributed by atoms with van der Waals surface area (Å²) in [6, 6.07) is 8.48. The molecule has 1 aliphatic rings. The largest absolute Gasteiger partial charge is 0.465 e. The van der Waals surface area contributed by atoms with Gasteiger partial charge >= 0.3 is 0 Å². The highest BCUT2D eigenvalue weighted by Gasteiger charge is 2.29. The average Bonchev–Trinajstić information content (AvgIpc) is 3.09. The first kappa shape index (κ1) is 24.0. The van der Waals surface area contributed by atoms with E-state index in [0.717, 1.165) is 25.0 Å². The molecule has 156 valence electrons. The maximum Gasteiger partial charge on any atom is 0.199 e. The van der Waals surface area contributed by atoms with Crippen molar-refractivity contribution in [1.29, 1.82) is 0 Å². The number of hydrogen-bond donors (Lipinski definition) is 0. The van der Waals surface area contributed by atoms with Crippen LogP contribution in [0.25, 0.3) is 0 Å². The quantitative estimate of drug-likeness (QED) is 0.319. The van der Waals surface area contributed by atoms with Crippen molar-refractivity contribution in [2.24, 2.45) is 11.3 Å². The third-order valence-electron chi connectivity index (χ3n) is 5.22. The van der Waals surface area contributed by atoms with E-state index in [-0.39, 0.29) is 6.29 Å². The van der Waals surface area contributed by atoms with Crippen LogP contribution in [0.15, 0.2) is 24.3 Å². The Labute approximate surface area is 167 Å². The van der Waals surface area contributed by atoms with E-state index in [4.69, 9.17) is 14.2 Å². The molecule has 27 heavy (non-hydrogen) atoms. The Hall–Kier alpha value is -1.06. The fourth-order valence-electron chi connectivity index (χ4n) is 3.71. The predicted molar refractivity (Wildman–Crippen MR) is 114 cm³/mol. The monoisotopic (exact) mass is 378 g/mol. The van der Waals surface area contributed by atoms with E-state index in [1.54, 1.807) is 7.11 Å². The lowest BCUT2D eigenvalue weighted by Crippen LogP contribution is -2.25. The molecule has 0 heterocycles. The van der Waals surface area contributed by atoms with Gasteiger partial charge in [-0.15, -0.1) is 0 Å². The Balaban J connectivity index is 0.00000176. The van der Waals surface area contributed by atoms with Crippen LogP contribution >= 0.6 is 0 Å². The lowest BCUT2D eigenvalue weighted by atomic mass is 9.84. The van der Waals surface area contributed by atoms with E-state index in [1.807, 2.05) is 13.8 Å². The molecule has 0 spiro atoms. The van der Waals surface area contributed by atoms with Crippen LogP contribution in [0.2, 0.25) is 0 Å². The summed E-state index contributed by atoms with van der Waals surface area (Å²) in [6.07, 6.45) is 8.41. The molecule has 1 aliphatic carbocycles. The molecule has 0 bridgehead atoms. The van der Waals surface area contributed by atoms with E-state index in [9.17, 15) is 0 Å². The minimum atomic E-state index is -0.191. The highest BCUT2D eigenvalue weighted by Crippen LogP contribution is 2.41. The van der Waals surface area contributed by atoms with Gasteiger partial charge in [0, 0.05) is 13.5 Å². The fraction of sp³-hybridized carbons (Fsp3) is 0.750. The third-order valence-corrected chi connectivity index (χ3v) is 5.22. The van der Waals surface area contributed by atoms with Crippen molar-refractivity contribution in [3.05, 3.63) is 29.8 Å². The van der Waals surface area contributed by atoms with Gasteiger partial charge < -0.3 is 14.2 Å². The summed E-state index contributed by atoms with van der Waals surface area (Å²) in [5.41, 5.74) is 1.82. The number of rotatable bonds is 11. The molecule has 1 aromatic carbocycles. The van der Waals surface area contributed by atoms with E-state index in [0.29, 0.717) is 24.5 Å². The zero-order valence-corrected chi connectivity index (χ0v) is 18.6. The minimum absolute atomic E-state index is 0.191. The smallest absolute Gasteiger partial charge is 0.199 e. The van der Waals surface area contributed by atoms with Gasteiger partial charge in [-0.1, -0.05) is 59.6 Å². The van der Waals surface area contributed by atoms with Crippen molar-refractivity contribution < 1.29 is 14.2 Å². The molecular formula is C24H42O3. The lowest BCUT2D eigenvalue weighted by molar-refractivity contribution is -0.100. The number of hydrogen-bond acceptors (Lipinski definition) is 3. The summed E-state index contributed by atoms with van der Waals surface area (Å²) in [6.45, 7) is 12.1. The molecule has 1 aromatic rings. The zero-order chi connectivity index (χ0) is 20.1. The highest BCUT2D eigenvalue weighted by atomic mass is 16.7. The molecule has 3 heteroatoms. The first-order valence-corrected chi connectivity index (χ1v) is 10.9. The summed E-state index contributed by atoms with van der Waals surface area (Å²) in [5, 5.41) is 0. The Morgan fingerprint density at radius 1 is 1.00 bits per heavy atom. The van der Waals surface area contributed by atoms with Crippen LogP contribution in [-0.2, 0) is 15.9 Å². The summed E-state index contributed by atoms with van der Waals surface area (Å²) in [7, 11) is 1.70. The van der Waals surface area contributed by atoms with Crippen LogP contribution < -0.4 is 4.74 Å². The summed E-state index contributed by atoms with van der Waals surface area (Å²) < 4.78 is 17.2. The molecule has 0 radical (unpaired) electrons. The number of ether oxygens (including phenoxy) is 3. The van der Waals surface area contributed by atoms with Crippen LogP contribution in [0, 0.1) is 11.3 Å². The molecule has 3 nitrogen and oxygen atoms in total. The predicted octanol–water partition coefficient (Wildman–Crippen LogP) is 6.64. The van der Waals surface area contributed by atoms with Crippen LogP contribution in [0.3, 0.4) is 0 Å². The summed E-state index contributed by atoms with van der Waals surface area (Å²) in [5.74, 6) is 1.57. The van der Waals surface area contributed by atoms with E-state index >= 15 is 0 Å². The Bertz CT molecular complexity index is 475. The Morgan fingerprint density at radius 2 is 1.63 bits per heavy atom. The molecule has 1 unspecified atom stereocenters. The van der Waals surface area contributed by atoms with Gasteiger partial charge in [0.05, 0.1) is 13.2 Å².